The topological polar surface area (TPSA) is 26.3 Å². The van der Waals surface area contributed by atoms with Gasteiger partial charge in [-0.3, -0.25) is 4.79 Å². The third-order valence-corrected chi connectivity index (χ3v) is 2.62. The van der Waals surface area contributed by atoms with Crippen molar-refractivity contribution in [2.24, 2.45) is 0 Å². The molecule has 0 bridgehead atoms. The van der Waals surface area contributed by atoms with Gasteiger partial charge in [0.15, 0.2) is 17.2 Å². The van der Waals surface area contributed by atoms with Crippen LogP contribution in [0.1, 0.15) is 19.4 Å². The number of ether oxygens (including phenoxy) is 1. The minimum absolute atomic E-state index is 0.118. The lowest BCUT2D eigenvalue weighted by Gasteiger charge is -2.16. The molecular weight excluding hydrogens is 238 g/mol. The summed E-state index contributed by atoms with van der Waals surface area (Å²) in [5.74, 6) is -1.50. The molecule has 0 N–H and O–H groups in total. The fourth-order valence-electron chi connectivity index (χ4n) is 1.55. The summed E-state index contributed by atoms with van der Waals surface area (Å²) in [7, 11) is 0. The maximum atomic E-state index is 13.0. The Balaban J connectivity index is 2.15. The van der Waals surface area contributed by atoms with E-state index in [4.69, 9.17) is 4.74 Å². The van der Waals surface area contributed by atoms with E-state index in [-0.39, 0.29) is 5.78 Å². The quantitative estimate of drug-likeness (QED) is 0.805. The van der Waals surface area contributed by atoms with Crippen molar-refractivity contribution in [2.75, 3.05) is 0 Å². The van der Waals surface area contributed by atoms with Gasteiger partial charge in [0.05, 0.1) is 0 Å². The lowest BCUT2D eigenvalue weighted by Crippen LogP contribution is -2.27. The van der Waals surface area contributed by atoms with Gasteiger partial charge < -0.3 is 4.74 Å². The van der Waals surface area contributed by atoms with Crippen molar-refractivity contribution in [3.05, 3.63) is 53.3 Å². The number of benzene rings is 1. The van der Waals surface area contributed by atoms with Crippen LogP contribution in [0.5, 0.6) is 0 Å². The molecule has 4 heteroatoms. The maximum absolute atomic E-state index is 13.0. The van der Waals surface area contributed by atoms with Crippen LogP contribution in [0, 0.1) is 11.6 Å². The number of allylic oxidation sites excluding steroid dienone is 1. The summed E-state index contributed by atoms with van der Waals surface area (Å²) in [6.07, 6.45) is 4.50. The lowest BCUT2D eigenvalue weighted by molar-refractivity contribution is -0.126. The molecule has 2 nitrogen and oxygen atoms in total. The number of ketones is 1. The number of hydrogen-bond acceptors (Lipinski definition) is 2. The van der Waals surface area contributed by atoms with Gasteiger partial charge in [-0.25, -0.2) is 8.78 Å². The monoisotopic (exact) mass is 250 g/mol. The third-order valence-electron chi connectivity index (χ3n) is 2.62. The van der Waals surface area contributed by atoms with Crippen LogP contribution in [0.25, 0.3) is 6.08 Å². The zero-order chi connectivity index (χ0) is 13.3. The van der Waals surface area contributed by atoms with Gasteiger partial charge in [-0.1, -0.05) is 12.1 Å². The first-order valence-electron chi connectivity index (χ1n) is 5.47. The van der Waals surface area contributed by atoms with Crippen molar-refractivity contribution in [3.8, 4) is 0 Å². The fraction of sp³-hybridized carbons (Fsp3) is 0.214. The molecule has 1 heterocycles. The Morgan fingerprint density at radius 3 is 2.44 bits per heavy atom. The number of hydrogen-bond donors (Lipinski definition) is 0. The molecule has 1 aliphatic heterocycles. The Hall–Kier alpha value is -1.97. The van der Waals surface area contributed by atoms with Crippen LogP contribution in [-0.4, -0.2) is 11.4 Å². The molecule has 0 aromatic heterocycles. The van der Waals surface area contributed by atoms with E-state index in [0.717, 1.165) is 12.1 Å². The van der Waals surface area contributed by atoms with Crippen LogP contribution in [0.2, 0.25) is 0 Å². The molecule has 1 aliphatic rings. The van der Waals surface area contributed by atoms with E-state index in [9.17, 15) is 13.6 Å². The second-order valence-corrected chi connectivity index (χ2v) is 4.53. The predicted octanol–water partition coefficient (Wildman–Crippen LogP) is 3.24. The number of carbonyl (C=O) groups is 1. The number of carbonyl (C=O) groups excluding carboxylic acids is 1. The Labute approximate surface area is 104 Å². The third kappa shape index (κ3) is 2.47. The second kappa shape index (κ2) is 4.37. The van der Waals surface area contributed by atoms with Crippen molar-refractivity contribution in [3.63, 3.8) is 0 Å². The summed E-state index contributed by atoms with van der Waals surface area (Å²) in [5.41, 5.74) is -0.358. The summed E-state index contributed by atoms with van der Waals surface area (Å²) in [5, 5.41) is 0. The average molecular weight is 250 g/mol. The van der Waals surface area contributed by atoms with Gasteiger partial charge in [0.25, 0.3) is 0 Å². The second-order valence-electron chi connectivity index (χ2n) is 4.53. The molecule has 0 atom stereocenters. The van der Waals surface area contributed by atoms with Crippen LogP contribution in [0.3, 0.4) is 0 Å². The van der Waals surface area contributed by atoms with E-state index in [0.29, 0.717) is 11.3 Å². The maximum Gasteiger partial charge on any atom is 0.202 e. The number of halogens is 2. The van der Waals surface area contributed by atoms with Gasteiger partial charge in [-0.2, -0.15) is 0 Å². The van der Waals surface area contributed by atoms with Gasteiger partial charge in [0, 0.05) is 6.08 Å². The molecule has 0 saturated carbocycles. The number of rotatable bonds is 2. The van der Waals surface area contributed by atoms with Crippen LogP contribution < -0.4 is 0 Å². The molecular formula is C14H12F2O2. The average Bonchev–Trinajstić information content (AvgIpc) is 2.55. The molecule has 2 rings (SSSR count). The fourth-order valence-corrected chi connectivity index (χ4v) is 1.55. The smallest absolute Gasteiger partial charge is 0.202 e. The Morgan fingerprint density at radius 2 is 1.89 bits per heavy atom. The first kappa shape index (κ1) is 12.5. The van der Waals surface area contributed by atoms with Crippen molar-refractivity contribution >= 4 is 11.9 Å². The normalized spacial score (nSPS) is 18.0. The summed E-state index contributed by atoms with van der Waals surface area (Å²) in [6, 6.07) is 3.57. The van der Waals surface area contributed by atoms with Crippen LogP contribution in [0.4, 0.5) is 8.78 Å². The van der Waals surface area contributed by atoms with E-state index in [1.54, 1.807) is 26.0 Å². The van der Waals surface area contributed by atoms with Gasteiger partial charge >= 0.3 is 0 Å². The van der Waals surface area contributed by atoms with E-state index < -0.39 is 17.2 Å². The summed E-state index contributed by atoms with van der Waals surface area (Å²) in [6.45, 7) is 3.34. The molecule has 0 amide bonds. The molecule has 1 aromatic carbocycles. The Morgan fingerprint density at radius 1 is 1.17 bits per heavy atom. The van der Waals surface area contributed by atoms with E-state index in [1.807, 2.05) is 0 Å². The largest absolute Gasteiger partial charge is 0.480 e. The van der Waals surface area contributed by atoms with Crippen molar-refractivity contribution < 1.29 is 18.3 Å². The Kier molecular flexibility index (Phi) is 3.03. The Bertz CT molecular complexity index is 557. The molecule has 0 unspecified atom stereocenters. The molecule has 18 heavy (non-hydrogen) atoms. The summed E-state index contributed by atoms with van der Waals surface area (Å²) in [4.78, 5) is 11.5. The predicted molar refractivity (Wildman–Crippen MR) is 63.6 cm³/mol. The molecule has 0 aliphatic carbocycles. The zero-order valence-electron chi connectivity index (χ0n) is 10.0. The SMILES string of the molecule is CC1(C)OC(/C=C/c2ccc(F)c(F)c2)=CC1=O. The van der Waals surface area contributed by atoms with Crippen LogP contribution >= 0.6 is 0 Å². The molecule has 94 valence electrons. The van der Waals surface area contributed by atoms with E-state index in [1.165, 1.54) is 12.1 Å². The van der Waals surface area contributed by atoms with Crippen LogP contribution in [-0.2, 0) is 9.53 Å². The van der Waals surface area contributed by atoms with Gasteiger partial charge in [0.2, 0.25) is 5.78 Å². The van der Waals surface area contributed by atoms with Gasteiger partial charge in [-0.05, 0) is 37.6 Å². The van der Waals surface area contributed by atoms with E-state index in [2.05, 4.69) is 0 Å². The van der Waals surface area contributed by atoms with Gasteiger partial charge in [-0.15, -0.1) is 0 Å². The van der Waals surface area contributed by atoms with Crippen LogP contribution in [0.15, 0.2) is 36.1 Å². The van der Waals surface area contributed by atoms with Gasteiger partial charge in [0.1, 0.15) is 5.76 Å². The summed E-state index contributed by atoms with van der Waals surface area (Å²) >= 11 is 0. The van der Waals surface area contributed by atoms with Crippen molar-refractivity contribution in [1.29, 1.82) is 0 Å². The highest BCUT2D eigenvalue weighted by Crippen LogP contribution is 2.25. The first-order valence-corrected chi connectivity index (χ1v) is 5.47. The van der Waals surface area contributed by atoms with E-state index >= 15 is 0 Å². The minimum atomic E-state index is -0.908. The molecule has 1 aromatic rings. The minimum Gasteiger partial charge on any atom is -0.480 e. The zero-order valence-corrected chi connectivity index (χ0v) is 10.0. The summed E-state index contributed by atoms with van der Waals surface area (Å²) < 4.78 is 31.1. The van der Waals surface area contributed by atoms with Crippen molar-refractivity contribution in [1.82, 2.24) is 0 Å². The lowest BCUT2D eigenvalue weighted by atomic mass is 10.1. The highest BCUT2D eigenvalue weighted by Gasteiger charge is 2.33. The molecule has 0 fully saturated rings. The molecule has 0 radical (unpaired) electrons. The molecule has 0 saturated heterocycles. The first-order chi connectivity index (χ1) is 8.38. The standard InChI is InChI=1S/C14H12F2O2/c1-14(2)13(17)8-10(18-14)5-3-9-4-6-11(15)12(16)7-9/h3-8H,1-2H3/b5-3+. The highest BCUT2D eigenvalue weighted by atomic mass is 19.2. The van der Waals surface area contributed by atoms with Crippen molar-refractivity contribution in [2.45, 2.75) is 19.4 Å². The highest BCUT2D eigenvalue weighted by molar-refractivity contribution is 5.99. The molecule has 0 spiro atoms.